The van der Waals surface area contributed by atoms with Crippen molar-refractivity contribution < 1.29 is 10.2 Å². The number of aliphatic hydroxyl groups is 1. The van der Waals surface area contributed by atoms with E-state index >= 15 is 0 Å². The average Bonchev–Trinajstić information content (AvgIpc) is 2.30. The summed E-state index contributed by atoms with van der Waals surface area (Å²) in [6.45, 7) is 6.88. The molecule has 2 rings (SSSR count). The second-order valence-corrected chi connectivity index (χ2v) is 7.08. The molecule has 1 aliphatic carbocycles. The van der Waals surface area contributed by atoms with E-state index in [1.165, 1.54) is 0 Å². The van der Waals surface area contributed by atoms with Gasteiger partial charge in [0.25, 0.3) is 0 Å². The fraction of sp³-hybridized carbons (Fsp3) is 0.647. The minimum absolute atomic E-state index is 0.194. The predicted molar refractivity (Wildman–Crippen MR) is 78.1 cm³/mol. The molecule has 0 aliphatic heterocycles. The zero-order valence-corrected chi connectivity index (χ0v) is 12.3. The summed E-state index contributed by atoms with van der Waals surface area (Å²) in [5.74, 6) is 1.31. The quantitative estimate of drug-likeness (QED) is 0.852. The van der Waals surface area contributed by atoms with E-state index in [0.717, 1.165) is 31.2 Å². The van der Waals surface area contributed by atoms with Crippen LogP contribution in [0.2, 0.25) is 0 Å². The van der Waals surface area contributed by atoms with Gasteiger partial charge in [-0.05, 0) is 60.6 Å². The van der Waals surface area contributed by atoms with Crippen molar-refractivity contribution in [3.05, 3.63) is 29.8 Å². The van der Waals surface area contributed by atoms with Gasteiger partial charge in [0.1, 0.15) is 5.75 Å². The Hall–Kier alpha value is -1.02. The van der Waals surface area contributed by atoms with Gasteiger partial charge in [0, 0.05) is 0 Å². The van der Waals surface area contributed by atoms with Gasteiger partial charge < -0.3 is 10.2 Å². The number of phenolic OH excluding ortho intramolecular Hbond substituents is 1. The maximum atomic E-state index is 10.2. The first-order valence-corrected chi connectivity index (χ1v) is 7.32. The lowest BCUT2D eigenvalue weighted by molar-refractivity contribution is 0.0196. The number of phenols is 1. The molecule has 3 atom stereocenters. The molecular weight excluding hydrogens is 236 g/mol. The second-order valence-electron chi connectivity index (χ2n) is 7.08. The molecule has 1 saturated carbocycles. The Morgan fingerprint density at radius 2 is 1.95 bits per heavy atom. The van der Waals surface area contributed by atoms with E-state index in [0.29, 0.717) is 23.0 Å². The molecule has 2 N–H and O–H groups in total. The van der Waals surface area contributed by atoms with Crippen molar-refractivity contribution in [2.45, 2.75) is 52.6 Å². The van der Waals surface area contributed by atoms with Crippen LogP contribution in [0.15, 0.2) is 24.3 Å². The third-order valence-electron chi connectivity index (χ3n) is 4.58. The fourth-order valence-electron chi connectivity index (χ4n) is 3.24. The van der Waals surface area contributed by atoms with E-state index in [4.69, 9.17) is 0 Å². The number of rotatable bonds is 2. The molecule has 1 aromatic carbocycles. The van der Waals surface area contributed by atoms with Gasteiger partial charge >= 0.3 is 0 Å². The number of aliphatic hydroxyl groups excluding tert-OH is 1. The first kappa shape index (κ1) is 14.4. The van der Waals surface area contributed by atoms with Crippen molar-refractivity contribution in [2.75, 3.05) is 0 Å². The van der Waals surface area contributed by atoms with Crippen molar-refractivity contribution in [1.29, 1.82) is 0 Å². The van der Waals surface area contributed by atoms with Gasteiger partial charge in [-0.1, -0.05) is 32.9 Å². The minimum Gasteiger partial charge on any atom is -0.508 e. The zero-order chi connectivity index (χ0) is 14.0. The highest BCUT2D eigenvalue weighted by Gasteiger charge is 2.34. The van der Waals surface area contributed by atoms with Crippen LogP contribution in [0.4, 0.5) is 0 Å². The molecule has 1 aromatic rings. The van der Waals surface area contributed by atoms with Crippen LogP contribution in [0.5, 0.6) is 5.75 Å². The highest BCUT2D eigenvalue weighted by Crippen LogP contribution is 2.41. The Morgan fingerprint density at radius 1 is 1.21 bits per heavy atom. The second kappa shape index (κ2) is 5.54. The van der Waals surface area contributed by atoms with Gasteiger partial charge in [-0.15, -0.1) is 0 Å². The Kier molecular flexibility index (Phi) is 4.19. The molecule has 1 aliphatic rings. The van der Waals surface area contributed by atoms with Gasteiger partial charge in [0.05, 0.1) is 6.10 Å². The van der Waals surface area contributed by atoms with Crippen LogP contribution < -0.4 is 0 Å². The average molecular weight is 262 g/mol. The molecular formula is C17H26O2. The molecule has 0 aromatic heterocycles. The Balaban J connectivity index is 2.05. The van der Waals surface area contributed by atoms with Crippen molar-refractivity contribution >= 4 is 0 Å². The summed E-state index contributed by atoms with van der Waals surface area (Å²) >= 11 is 0. The summed E-state index contributed by atoms with van der Waals surface area (Å²) in [7, 11) is 0. The smallest absolute Gasteiger partial charge is 0.115 e. The minimum atomic E-state index is -0.194. The summed E-state index contributed by atoms with van der Waals surface area (Å²) in [4.78, 5) is 0. The molecule has 0 spiro atoms. The molecule has 0 saturated heterocycles. The summed E-state index contributed by atoms with van der Waals surface area (Å²) in [5.41, 5.74) is 1.44. The lowest BCUT2D eigenvalue weighted by atomic mass is 9.67. The highest BCUT2D eigenvalue weighted by molar-refractivity contribution is 5.27. The first-order chi connectivity index (χ1) is 8.86. The molecule has 19 heavy (non-hydrogen) atoms. The third-order valence-corrected chi connectivity index (χ3v) is 4.58. The Bertz CT molecular complexity index is 420. The van der Waals surface area contributed by atoms with Gasteiger partial charge in [0.2, 0.25) is 0 Å². The molecule has 0 radical (unpaired) electrons. The van der Waals surface area contributed by atoms with Crippen LogP contribution in [0.1, 0.15) is 45.6 Å². The molecule has 3 unspecified atom stereocenters. The van der Waals surface area contributed by atoms with Crippen molar-refractivity contribution in [2.24, 2.45) is 17.3 Å². The van der Waals surface area contributed by atoms with E-state index in [9.17, 15) is 10.2 Å². The number of hydrogen-bond donors (Lipinski definition) is 2. The van der Waals surface area contributed by atoms with E-state index in [1.807, 2.05) is 18.2 Å². The van der Waals surface area contributed by atoms with Gasteiger partial charge in [-0.2, -0.15) is 0 Å². The van der Waals surface area contributed by atoms with Crippen LogP contribution in [-0.4, -0.2) is 16.3 Å². The summed E-state index contributed by atoms with van der Waals surface area (Å²) in [5, 5.41) is 19.7. The molecule has 0 bridgehead atoms. The fourth-order valence-corrected chi connectivity index (χ4v) is 3.24. The zero-order valence-electron chi connectivity index (χ0n) is 12.3. The van der Waals surface area contributed by atoms with Crippen molar-refractivity contribution in [3.63, 3.8) is 0 Å². The van der Waals surface area contributed by atoms with E-state index < -0.39 is 0 Å². The lowest BCUT2D eigenvalue weighted by Crippen LogP contribution is -2.35. The summed E-state index contributed by atoms with van der Waals surface area (Å²) < 4.78 is 0. The molecule has 0 amide bonds. The standard InChI is InChI=1S/C17H26O2/c1-17(2,3)14-7-8-16(19)13(11-14)9-12-5-4-6-15(18)10-12/h4-6,10,13-14,16,18-19H,7-9,11H2,1-3H3. The van der Waals surface area contributed by atoms with Crippen molar-refractivity contribution in [3.8, 4) is 5.75 Å². The van der Waals surface area contributed by atoms with Crippen LogP contribution in [0.3, 0.4) is 0 Å². The predicted octanol–water partition coefficient (Wildman–Crippen LogP) is 3.76. The van der Waals surface area contributed by atoms with Gasteiger partial charge in [-0.25, -0.2) is 0 Å². The van der Waals surface area contributed by atoms with Crippen LogP contribution in [0, 0.1) is 17.3 Å². The Labute approximate surface area is 116 Å². The first-order valence-electron chi connectivity index (χ1n) is 7.32. The van der Waals surface area contributed by atoms with Crippen LogP contribution >= 0.6 is 0 Å². The molecule has 106 valence electrons. The maximum absolute atomic E-state index is 10.2. The van der Waals surface area contributed by atoms with Gasteiger partial charge in [0.15, 0.2) is 0 Å². The molecule has 0 heterocycles. The summed E-state index contributed by atoms with van der Waals surface area (Å²) in [6, 6.07) is 7.42. The number of benzene rings is 1. The highest BCUT2D eigenvalue weighted by atomic mass is 16.3. The van der Waals surface area contributed by atoms with E-state index in [1.54, 1.807) is 6.07 Å². The van der Waals surface area contributed by atoms with E-state index in [2.05, 4.69) is 20.8 Å². The number of hydrogen-bond acceptors (Lipinski definition) is 2. The van der Waals surface area contributed by atoms with Crippen LogP contribution in [0.25, 0.3) is 0 Å². The Morgan fingerprint density at radius 3 is 2.58 bits per heavy atom. The number of aromatic hydroxyl groups is 1. The SMILES string of the molecule is CC(C)(C)C1CCC(O)C(Cc2cccc(O)c2)C1. The van der Waals surface area contributed by atoms with Gasteiger partial charge in [-0.3, -0.25) is 0 Å². The molecule has 1 fully saturated rings. The molecule has 2 nitrogen and oxygen atoms in total. The monoisotopic (exact) mass is 262 g/mol. The third kappa shape index (κ3) is 3.73. The van der Waals surface area contributed by atoms with E-state index in [-0.39, 0.29) is 6.10 Å². The topological polar surface area (TPSA) is 40.5 Å². The van der Waals surface area contributed by atoms with Crippen molar-refractivity contribution in [1.82, 2.24) is 0 Å². The maximum Gasteiger partial charge on any atom is 0.115 e. The van der Waals surface area contributed by atoms with Crippen LogP contribution in [-0.2, 0) is 6.42 Å². The summed E-state index contributed by atoms with van der Waals surface area (Å²) in [6.07, 6.45) is 3.79. The lowest BCUT2D eigenvalue weighted by Gasteiger charge is -2.40. The molecule has 2 heteroatoms. The largest absolute Gasteiger partial charge is 0.508 e. The normalized spacial score (nSPS) is 28.3.